The van der Waals surface area contributed by atoms with Gasteiger partial charge < -0.3 is 11.1 Å². The predicted octanol–water partition coefficient (Wildman–Crippen LogP) is 4.25. The highest BCUT2D eigenvalue weighted by Gasteiger charge is 2.23. The summed E-state index contributed by atoms with van der Waals surface area (Å²) in [6.45, 7) is 1.50. The largest absolute Gasteiger partial charge is 0.393 e. The SMILES string of the molecule is CC(NC(=O)c1cc(F)cc([N+](=O)[O-])c1N)c1cc(F)c(Cl)cc1Cl. The summed E-state index contributed by atoms with van der Waals surface area (Å²) >= 11 is 11.6. The van der Waals surface area contributed by atoms with Crippen LogP contribution in [0, 0.1) is 21.7 Å². The molecule has 0 aromatic heterocycles. The molecular formula is C15H11Cl2F2N3O3. The summed E-state index contributed by atoms with van der Waals surface area (Å²) in [6, 6.07) is 2.81. The molecule has 0 spiro atoms. The smallest absolute Gasteiger partial charge is 0.295 e. The Balaban J connectivity index is 2.34. The molecule has 2 aromatic carbocycles. The Hall–Kier alpha value is -2.45. The van der Waals surface area contributed by atoms with Crippen molar-refractivity contribution < 1.29 is 18.5 Å². The number of nitrogens with one attached hydrogen (secondary N) is 1. The summed E-state index contributed by atoms with van der Waals surface area (Å²) in [5, 5.41) is 13.2. The molecule has 0 aliphatic rings. The van der Waals surface area contributed by atoms with Crippen LogP contribution >= 0.6 is 23.2 Å². The van der Waals surface area contributed by atoms with Gasteiger partial charge in [-0.15, -0.1) is 0 Å². The molecule has 25 heavy (non-hydrogen) atoms. The minimum atomic E-state index is -0.991. The molecule has 1 atom stereocenters. The first-order valence-electron chi connectivity index (χ1n) is 6.80. The number of rotatable bonds is 4. The average molecular weight is 390 g/mol. The first-order chi connectivity index (χ1) is 11.6. The number of nitrogen functional groups attached to an aromatic ring is 1. The van der Waals surface area contributed by atoms with Gasteiger partial charge in [-0.3, -0.25) is 14.9 Å². The van der Waals surface area contributed by atoms with Crippen LogP contribution in [0.3, 0.4) is 0 Å². The zero-order valence-corrected chi connectivity index (χ0v) is 14.2. The summed E-state index contributed by atoms with van der Waals surface area (Å²) in [6.07, 6.45) is 0. The fourth-order valence-corrected chi connectivity index (χ4v) is 2.71. The summed E-state index contributed by atoms with van der Waals surface area (Å²) in [5.74, 6) is -2.60. The summed E-state index contributed by atoms with van der Waals surface area (Å²) in [7, 11) is 0. The van der Waals surface area contributed by atoms with Crippen LogP contribution in [0.1, 0.15) is 28.9 Å². The van der Waals surface area contributed by atoms with Crippen molar-refractivity contribution in [3.05, 3.63) is 67.2 Å². The normalized spacial score (nSPS) is 11.9. The molecule has 0 aliphatic heterocycles. The van der Waals surface area contributed by atoms with Crippen LogP contribution in [-0.2, 0) is 0 Å². The Bertz CT molecular complexity index is 878. The van der Waals surface area contributed by atoms with E-state index in [0.29, 0.717) is 6.07 Å². The van der Waals surface area contributed by atoms with Crippen molar-refractivity contribution in [1.82, 2.24) is 5.32 Å². The third-order valence-corrected chi connectivity index (χ3v) is 4.03. The quantitative estimate of drug-likeness (QED) is 0.353. The van der Waals surface area contributed by atoms with Gasteiger partial charge in [-0.1, -0.05) is 23.2 Å². The lowest BCUT2D eigenvalue weighted by molar-refractivity contribution is -0.384. The molecule has 3 N–H and O–H groups in total. The lowest BCUT2D eigenvalue weighted by Gasteiger charge is -2.17. The van der Waals surface area contributed by atoms with E-state index in [4.69, 9.17) is 28.9 Å². The van der Waals surface area contributed by atoms with E-state index in [1.54, 1.807) is 0 Å². The molecule has 6 nitrogen and oxygen atoms in total. The molecule has 132 valence electrons. The number of nitro benzene ring substituents is 1. The molecule has 0 aliphatic carbocycles. The van der Waals surface area contributed by atoms with Gasteiger partial charge >= 0.3 is 0 Å². The zero-order valence-electron chi connectivity index (χ0n) is 12.6. The molecule has 1 unspecified atom stereocenters. The van der Waals surface area contributed by atoms with E-state index in [2.05, 4.69) is 5.32 Å². The molecule has 0 radical (unpaired) electrons. The van der Waals surface area contributed by atoms with E-state index in [9.17, 15) is 23.7 Å². The van der Waals surface area contributed by atoms with Gasteiger partial charge in [0.2, 0.25) is 0 Å². The molecule has 1 amide bonds. The van der Waals surface area contributed by atoms with Gasteiger partial charge in [-0.05, 0) is 30.7 Å². The zero-order chi connectivity index (χ0) is 18.9. The lowest BCUT2D eigenvalue weighted by atomic mass is 10.1. The van der Waals surface area contributed by atoms with E-state index in [1.165, 1.54) is 13.0 Å². The van der Waals surface area contributed by atoms with Crippen molar-refractivity contribution in [3.63, 3.8) is 0 Å². The Morgan fingerprint density at radius 1 is 1.24 bits per heavy atom. The van der Waals surface area contributed by atoms with E-state index < -0.39 is 45.4 Å². The van der Waals surface area contributed by atoms with Gasteiger partial charge in [0.15, 0.2) is 0 Å². The predicted molar refractivity (Wildman–Crippen MR) is 89.8 cm³/mol. The maximum Gasteiger partial charge on any atom is 0.295 e. The Morgan fingerprint density at radius 2 is 1.88 bits per heavy atom. The second-order valence-corrected chi connectivity index (χ2v) is 5.94. The molecule has 0 fully saturated rings. The topological polar surface area (TPSA) is 98.3 Å². The number of carbonyl (C=O) groups excluding carboxylic acids is 1. The Labute approximate surface area is 150 Å². The van der Waals surface area contributed by atoms with E-state index in [1.807, 2.05) is 0 Å². The Kier molecular flexibility index (Phi) is 5.44. The second-order valence-electron chi connectivity index (χ2n) is 5.13. The van der Waals surface area contributed by atoms with Gasteiger partial charge in [0, 0.05) is 5.02 Å². The first kappa shape index (κ1) is 18.9. The number of hydrogen-bond acceptors (Lipinski definition) is 4. The minimum absolute atomic E-state index is 0.109. The van der Waals surface area contributed by atoms with Crippen molar-refractivity contribution in [2.45, 2.75) is 13.0 Å². The van der Waals surface area contributed by atoms with Crippen LogP contribution < -0.4 is 11.1 Å². The van der Waals surface area contributed by atoms with Crippen LogP contribution in [0.25, 0.3) is 0 Å². The van der Waals surface area contributed by atoms with Crippen LogP contribution in [-0.4, -0.2) is 10.8 Å². The maximum atomic E-state index is 13.6. The molecule has 10 heteroatoms. The van der Waals surface area contributed by atoms with Gasteiger partial charge in [-0.2, -0.15) is 0 Å². The van der Waals surface area contributed by atoms with Crippen LogP contribution in [0.2, 0.25) is 10.0 Å². The number of nitrogens with zero attached hydrogens (tertiary/aromatic N) is 1. The number of benzene rings is 2. The van der Waals surface area contributed by atoms with Gasteiger partial charge in [0.25, 0.3) is 11.6 Å². The highest BCUT2D eigenvalue weighted by Crippen LogP contribution is 2.30. The standard InChI is InChI=1S/C15H11Cl2F2N3O3/c1-6(8-4-12(19)11(17)5-10(8)16)21-15(23)9-2-7(18)3-13(14(9)20)22(24)25/h2-6H,20H2,1H3,(H,21,23). The number of amides is 1. The van der Waals surface area contributed by atoms with E-state index in [-0.39, 0.29) is 15.6 Å². The number of halogens is 4. The fourth-order valence-electron chi connectivity index (χ4n) is 2.16. The third-order valence-electron chi connectivity index (χ3n) is 3.42. The minimum Gasteiger partial charge on any atom is -0.393 e. The first-order valence-corrected chi connectivity index (χ1v) is 7.56. The molecule has 0 bridgehead atoms. The molecule has 2 rings (SSSR count). The third kappa shape index (κ3) is 3.97. The van der Waals surface area contributed by atoms with Crippen LogP contribution in [0.4, 0.5) is 20.2 Å². The highest BCUT2D eigenvalue weighted by molar-refractivity contribution is 6.35. The number of anilines is 1. The number of carbonyl (C=O) groups is 1. The van der Waals surface area contributed by atoms with Crippen molar-refractivity contribution in [3.8, 4) is 0 Å². The van der Waals surface area contributed by atoms with Crippen molar-refractivity contribution in [1.29, 1.82) is 0 Å². The Morgan fingerprint density at radius 3 is 2.48 bits per heavy atom. The van der Waals surface area contributed by atoms with Gasteiger partial charge in [0.05, 0.1) is 27.6 Å². The van der Waals surface area contributed by atoms with Gasteiger partial charge in [0.1, 0.15) is 17.3 Å². The maximum absolute atomic E-state index is 13.6. The summed E-state index contributed by atoms with van der Waals surface area (Å²) < 4.78 is 27.1. The highest BCUT2D eigenvalue weighted by atomic mass is 35.5. The lowest BCUT2D eigenvalue weighted by Crippen LogP contribution is -2.28. The monoisotopic (exact) mass is 389 g/mol. The number of hydrogen-bond donors (Lipinski definition) is 2. The van der Waals surface area contributed by atoms with Crippen molar-refractivity contribution >= 4 is 40.5 Å². The molecule has 0 heterocycles. The molecule has 0 saturated carbocycles. The molecule has 0 saturated heterocycles. The van der Waals surface area contributed by atoms with Gasteiger partial charge in [-0.25, -0.2) is 8.78 Å². The number of nitrogens with two attached hydrogens (primary N) is 1. The van der Waals surface area contributed by atoms with E-state index >= 15 is 0 Å². The molecule has 2 aromatic rings. The van der Waals surface area contributed by atoms with Crippen LogP contribution in [0.5, 0.6) is 0 Å². The second kappa shape index (κ2) is 7.20. The number of nitro groups is 1. The van der Waals surface area contributed by atoms with Crippen LogP contribution in [0.15, 0.2) is 24.3 Å². The summed E-state index contributed by atoms with van der Waals surface area (Å²) in [4.78, 5) is 22.3. The average Bonchev–Trinajstić information content (AvgIpc) is 2.52. The van der Waals surface area contributed by atoms with Crippen molar-refractivity contribution in [2.75, 3.05) is 5.73 Å². The summed E-state index contributed by atoms with van der Waals surface area (Å²) in [5.41, 5.74) is 4.17. The van der Waals surface area contributed by atoms with E-state index in [0.717, 1.165) is 12.1 Å². The van der Waals surface area contributed by atoms with Crippen molar-refractivity contribution in [2.24, 2.45) is 0 Å². The fraction of sp³-hybridized carbons (Fsp3) is 0.133. The molecular weight excluding hydrogens is 379 g/mol.